The predicted molar refractivity (Wildman–Crippen MR) is 116 cm³/mol. The Morgan fingerprint density at radius 2 is 1.97 bits per heavy atom. The van der Waals surface area contributed by atoms with E-state index in [-0.39, 0.29) is 25.0 Å². The van der Waals surface area contributed by atoms with Crippen LogP contribution in [-0.2, 0) is 6.54 Å². The Kier molecular flexibility index (Phi) is 6.67. The first kappa shape index (κ1) is 22.8. The number of nitrogens with two attached hydrogens (primary N) is 1. The van der Waals surface area contributed by atoms with Crippen LogP contribution in [0, 0.1) is 12.8 Å². The molecular weight excluding hydrogens is 405 g/mol. The highest BCUT2D eigenvalue weighted by Crippen LogP contribution is 2.35. The largest absolute Gasteiger partial charge is 0.396 e. The summed E-state index contributed by atoms with van der Waals surface area (Å²) in [5.74, 6) is -1.63. The van der Waals surface area contributed by atoms with E-state index in [9.17, 15) is 18.0 Å². The fourth-order valence-corrected chi connectivity index (χ4v) is 3.65. The molecule has 5 nitrogen and oxygen atoms in total. The van der Waals surface area contributed by atoms with Crippen LogP contribution in [0.1, 0.15) is 55.5 Å². The van der Waals surface area contributed by atoms with Crippen LogP contribution in [-0.4, -0.2) is 26.5 Å². The van der Waals surface area contributed by atoms with Crippen LogP contribution in [0.2, 0.25) is 0 Å². The topological polar surface area (TPSA) is 73.8 Å². The number of halogens is 3. The Morgan fingerprint density at radius 3 is 2.58 bits per heavy atom. The zero-order chi connectivity index (χ0) is 22.8. The molecular formula is C23H27F3N4O. The van der Waals surface area contributed by atoms with Crippen LogP contribution < -0.4 is 5.73 Å². The molecule has 0 aliphatic heterocycles. The van der Waals surface area contributed by atoms with Gasteiger partial charge in [-0.2, -0.15) is 13.2 Å². The number of alkyl halides is 3. The number of hydrogen-bond donors (Lipinski definition) is 1. The fourth-order valence-electron chi connectivity index (χ4n) is 3.65. The van der Waals surface area contributed by atoms with Gasteiger partial charge in [-0.05, 0) is 49.9 Å². The second-order valence-corrected chi connectivity index (χ2v) is 7.99. The molecule has 3 aromatic heterocycles. The molecule has 0 radical (unpaired) electrons. The minimum absolute atomic E-state index is 0.0584. The molecule has 1 atom stereocenters. The smallest absolute Gasteiger partial charge is 0.391 e. The van der Waals surface area contributed by atoms with E-state index in [0.717, 1.165) is 42.2 Å². The lowest BCUT2D eigenvalue weighted by Crippen LogP contribution is -2.19. The van der Waals surface area contributed by atoms with Crippen molar-refractivity contribution in [3.8, 4) is 11.4 Å². The van der Waals surface area contributed by atoms with E-state index < -0.39 is 12.1 Å². The molecule has 0 bridgehead atoms. The molecule has 0 spiro atoms. The van der Waals surface area contributed by atoms with Crippen LogP contribution in [0.5, 0.6) is 0 Å². The highest BCUT2D eigenvalue weighted by atomic mass is 19.4. The lowest BCUT2D eigenvalue weighted by atomic mass is 10.0. The van der Waals surface area contributed by atoms with E-state index in [1.807, 2.05) is 17.6 Å². The summed E-state index contributed by atoms with van der Waals surface area (Å²) in [6.45, 7) is 5.88. The minimum Gasteiger partial charge on any atom is -0.396 e. The van der Waals surface area contributed by atoms with Gasteiger partial charge >= 0.3 is 6.18 Å². The number of nitrogens with zero attached hydrogens (tertiary/aromatic N) is 3. The summed E-state index contributed by atoms with van der Waals surface area (Å²) in [6, 6.07) is 5.38. The zero-order valence-corrected chi connectivity index (χ0v) is 18.0. The van der Waals surface area contributed by atoms with Crippen LogP contribution >= 0.6 is 0 Å². The molecule has 0 saturated carbocycles. The Balaban J connectivity index is 1.81. The van der Waals surface area contributed by atoms with Gasteiger partial charge < -0.3 is 10.3 Å². The number of carbonyl (C=O) groups is 1. The summed E-state index contributed by atoms with van der Waals surface area (Å²) in [6.07, 6.45) is 0.104. The monoisotopic (exact) mass is 432 g/mol. The lowest BCUT2D eigenvalue weighted by molar-refractivity contribution is -0.171. The average Bonchev–Trinajstić information content (AvgIpc) is 2.98. The Labute approximate surface area is 179 Å². The molecule has 0 amide bonds. The lowest BCUT2D eigenvalue weighted by Gasteiger charge is -2.14. The maximum Gasteiger partial charge on any atom is 0.391 e. The highest BCUT2D eigenvalue weighted by Gasteiger charge is 2.35. The van der Waals surface area contributed by atoms with E-state index in [4.69, 9.17) is 5.73 Å². The van der Waals surface area contributed by atoms with Crippen LogP contribution in [0.25, 0.3) is 22.4 Å². The molecule has 8 heteroatoms. The second-order valence-electron chi connectivity index (χ2n) is 7.99. The van der Waals surface area contributed by atoms with Crippen molar-refractivity contribution in [2.75, 3.05) is 5.73 Å². The zero-order valence-electron chi connectivity index (χ0n) is 18.0. The second kappa shape index (κ2) is 9.08. The van der Waals surface area contributed by atoms with E-state index in [1.54, 1.807) is 18.3 Å². The number of nitrogen functional groups attached to an aromatic ring is 1. The third kappa shape index (κ3) is 4.89. The standard InChI is InChI=1S/C23H27F3N4O/c1-4-10-30-21(20(27)17-11-14(2)12-29-22(17)30)18-9-8-16(13-28-18)19(31)7-5-6-15(3)23(24,25)26/h8-9,11-13,15H,4-7,10,27H2,1-3H3. The number of aryl methyl sites for hydroxylation is 2. The van der Waals surface area contributed by atoms with Crippen molar-refractivity contribution < 1.29 is 18.0 Å². The van der Waals surface area contributed by atoms with Crippen molar-refractivity contribution in [3.63, 3.8) is 0 Å². The fraction of sp³-hybridized carbons (Fsp3) is 0.435. The number of fused-ring (bicyclic) bond motifs is 1. The van der Waals surface area contributed by atoms with Gasteiger partial charge in [-0.3, -0.25) is 9.78 Å². The Hall–Kier alpha value is -2.90. The van der Waals surface area contributed by atoms with Gasteiger partial charge in [-0.25, -0.2) is 4.98 Å². The van der Waals surface area contributed by atoms with Crippen LogP contribution in [0.15, 0.2) is 30.6 Å². The first-order valence-corrected chi connectivity index (χ1v) is 10.4. The van der Waals surface area contributed by atoms with E-state index in [1.165, 1.54) is 6.20 Å². The molecule has 166 valence electrons. The van der Waals surface area contributed by atoms with Gasteiger partial charge in [0.25, 0.3) is 0 Å². The van der Waals surface area contributed by atoms with Crippen molar-refractivity contribution in [2.24, 2.45) is 5.92 Å². The van der Waals surface area contributed by atoms with Crippen LogP contribution in [0.4, 0.5) is 18.9 Å². The molecule has 3 heterocycles. The van der Waals surface area contributed by atoms with Crippen molar-refractivity contribution in [1.82, 2.24) is 14.5 Å². The third-order valence-corrected chi connectivity index (χ3v) is 5.45. The third-order valence-electron chi connectivity index (χ3n) is 5.45. The van der Waals surface area contributed by atoms with Gasteiger partial charge in [0.15, 0.2) is 5.78 Å². The summed E-state index contributed by atoms with van der Waals surface area (Å²) in [5, 5.41) is 0.865. The molecule has 2 N–H and O–H groups in total. The number of rotatable bonds is 8. The van der Waals surface area contributed by atoms with E-state index in [2.05, 4.69) is 16.9 Å². The molecule has 3 rings (SSSR count). The molecule has 1 unspecified atom stereocenters. The van der Waals surface area contributed by atoms with Gasteiger partial charge in [0.2, 0.25) is 0 Å². The first-order valence-electron chi connectivity index (χ1n) is 10.4. The molecule has 0 aliphatic carbocycles. The molecule has 0 aromatic carbocycles. The molecule has 31 heavy (non-hydrogen) atoms. The van der Waals surface area contributed by atoms with Gasteiger partial charge in [0, 0.05) is 36.3 Å². The number of ketones is 1. The molecule has 0 fully saturated rings. The Morgan fingerprint density at radius 1 is 1.23 bits per heavy atom. The summed E-state index contributed by atoms with van der Waals surface area (Å²) in [4.78, 5) is 21.4. The number of carbonyl (C=O) groups excluding carboxylic acids is 1. The molecule has 0 saturated heterocycles. The maximum atomic E-state index is 12.6. The quantitative estimate of drug-likeness (QED) is 0.446. The minimum atomic E-state index is -4.23. The van der Waals surface area contributed by atoms with Crippen molar-refractivity contribution >= 4 is 22.5 Å². The number of pyridine rings is 2. The summed E-state index contributed by atoms with van der Waals surface area (Å²) >= 11 is 0. The Bertz CT molecular complexity index is 1070. The van der Waals surface area contributed by atoms with E-state index in [0.29, 0.717) is 16.9 Å². The van der Waals surface area contributed by atoms with Crippen molar-refractivity contribution in [3.05, 3.63) is 41.7 Å². The van der Waals surface area contributed by atoms with Crippen LogP contribution in [0.3, 0.4) is 0 Å². The summed E-state index contributed by atoms with van der Waals surface area (Å²) in [5.41, 5.74) is 10.6. The first-order chi connectivity index (χ1) is 14.6. The SMILES string of the molecule is CCCn1c(-c2ccc(C(=O)CCCC(C)C(F)(F)F)cn2)c(N)c2cc(C)cnc21. The summed E-state index contributed by atoms with van der Waals surface area (Å²) < 4.78 is 39.9. The van der Waals surface area contributed by atoms with Gasteiger partial charge in [0.05, 0.1) is 23.0 Å². The molecule has 3 aromatic rings. The highest BCUT2D eigenvalue weighted by molar-refractivity contribution is 5.99. The van der Waals surface area contributed by atoms with Gasteiger partial charge in [0.1, 0.15) is 5.65 Å². The van der Waals surface area contributed by atoms with Gasteiger partial charge in [-0.1, -0.05) is 13.8 Å². The number of aromatic nitrogens is 3. The number of anilines is 1. The summed E-state index contributed by atoms with van der Waals surface area (Å²) in [7, 11) is 0. The van der Waals surface area contributed by atoms with Crippen molar-refractivity contribution in [1.29, 1.82) is 0 Å². The average molecular weight is 432 g/mol. The van der Waals surface area contributed by atoms with Crippen molar-refractivity contribution in [2.45, 2.75) is 59.2 Å². The number of hydrogen-bond acceptors (Lipinski definition) is 4. The number of Topliss-reactive ketones (excluding diaryl/α,β-unsaturated/α-hetero) is 1. The molecule has 0 aliphatic rings. The van der Waals surface area contributed by atoms with Gasteiger partial charge in [-0.15, -0.1) is 0 Å². The normalized spacial score (nSPS) is 13.0. The van der Waals surface area contributed by atoms with E-state index >= 15 is 0 Å². The maximum absolute atomic E-state index is 12.6. The predicted octanol–water partition coefficient (Wildman–Crippen LogP) is 5.95.